The highest BCUT2D eigenvalue weighted by Crippen LogP contribution is 2.65. The monoisotopic (exact) mass is 359 g/mol. The number of piperidine rings is 1. The predicted molar refractivity (Wildman–Crippen MR) is 100 cm³/mol. The number of nitrogens with zero attached hydrogens (tertiary/aromatic N) is 2. The van der Waals surface area contributed by atoms with Crippen LogP contribution in [0.1, 0.15) is 25.3 Å². The van der Waals surface area contributed by atoms with Crippen molar-refractivity contribution >= 4 is 23.6 Å². The van der Waals surface area contributed by atoms with Gasteiger partial charge < -0.3 is 9.46 Å². The molecule has 1 saturated carbocycles. The Bertz CT molecular complexity index is 661. The molecular weight excluding hydrogens is 334 g/mol. The lowest BCUT2D eigenvalue weighted by atomic mass is 9.87. The van der Waals surface area contributed by atoms with Gasteiger partial charge in [0.2, 0.25) is 0 Å². The van der Waals surface area contributed by atoms with E-state index in [4.69, 9.17) is 10.00 Å². The Balaban J connectivity index is 1.56. The molecule has 2 atom stereocenters. The van der Waals surface area contributed by atoms with Gasteiger partial charge in [-0.15, -0.1) is 0 Å². The molecule has 5 nitrogen and oxygen atoms in total. The van der Waals surface area contributed by atoms with Gasteiger partial charge >= 0.3 is 5.97 Å². The molecule has 2 aliphatic rings. The van der Waals surface area contributed by atoms with Gasteiger partial charge in [-0.1, -0.05) is 31.0 Å². The number of ether oxygens (including phenoxy) is 1. The van der Waals surface area contributed by atoms with Gasteiger partial charge in [0, 0.05) is 37.0 Å². The summed E-state index contributed by atoms with van der Waals surface area (Å²) in [6.45, 7) is 5.56. The first-order valence-corrected chi connectivity index (χ1v) is 10.0. The molecule has 0 radical (unpaired) electrons. The summed E-state index contributed by atoms with van der Waals surface area (Å²) < 4.78 is 8.42. The fraction of sp³-hybridized carbons (Fsp3) is 0.579. The quantitative estimate of drug-likeness (QED) is 0.568. The summed E-state index contributed by atoms with van der Waals surface area (Å²) in [6, 6.07) is 10.6. The number of benzene rings is 1. The Hall–Kier alpha value is -1.71. The highest BCUT2D eigenvalue weighted by Gasteiger charge is 2.67. The first kappa shape index (κ1) is 18.1. The standard InChI is InChI=1S/C19H25N3O2S/c1-3-19(14-5-4-6-15(11-14)21-25-2)16-12-22(13-17(16)19)9-10-24-18(23)7-8-20/h4-6,11,16-17,21H,3,7,9-10,12-13H2,1-2H3. The van der Waals surface area contributed by atoms with E-state index in [1.54, 1.807) is 11.9 Å². The van der Waals surface area contributed by atoms with Crippen LogP contribution < -0.4 is 4.72 Å². The third-order valence-corrected chi connectivity index (χ3v) is 6.15. The van der Waals surface area contributed by atoms with Crippen molar-refractivity contribution < 1.29 is 9.53 Å². The van der Waals surface area contributed by atoms with Crippen molar-refractivity contribution in [3.8, 4) is 6.07 Å². The molecule has 0 bridgehead atoms. The van der Waals surface area contributed by atoms with Crippen LogP contribution >= 0.6 is 11.9 Å². The molecule has 3 rings (SSSR count). The molecule has 1 aromatic rings. The number of anilines is 1. The van der Waals surface area contributed by atoms with Gasteiger partial charge in [0.25, 0.3) is 0 Å². The van der Waals surface area contributed by atoms with Crippen molar-refractivity contribution in [2.75, 3.05) is 37.2 Å². The van der Waals surface area contributed by atoms with Crippen LogP contribution in [0.4, 0.5) is 5.69 Å². The summed E-state index contributed by atoms with van der Waals surface area (Å²) in [5.74, 6) is 0.960. The van der Waals surface area contributed by atoms with Crippen molar-refractivity contribution in [2.24, 2.45) is 11.8 Å². The average molecular weight is 359 g/mol. The maximum Gasteiger partial charge on any atom is 0.320 e. The molecule has 1 N–H and O–H groups in total. The minimum atomic E-state index is -0.423. The van der Waals surface area contributed by atoms with E-state index in [0.717, 1.165) is 26.1 Å². The largest absolute Gasteiger partial charge is 0.464 e. The topological polar surface area (TPSA) is 65.4 Å². The second-order valence-electron chi connectivity index (χ2n) is 6.81. The van der Waals surface area contributed by atoms with Crippen molar-refractivity contribution in [1.82, 2.24) is 4.90 Å². The summed E-state index contributed by atoms with van der Waals surface area (Å²) in [6.07, 6.45) is 3.04. The van der Waals surface area contributed by atoms with Crippen LogP contribution in [0.25, 0.3) is 0 Å². The van der Waals surface area contributed by atoms with E-state index in [1.165, 1.54) is 11.3 Å². The molecule has 134 valence electrons. The number of rotatable bonds is 8. The van der Waals surface area contributed by atoms with Gasteiger partial charge in [-0.05, 0) is 36.0 Å². The van der Waals surface area contributed by atoms with Gasteiger partial charge in [0.1, 0.15) is 13.0 Å². The average Bonchev–Trinajstić information content (AvgIpc) is 2.99. The number of esters is 1. The van der Waals surface area contributed by atoms with E-state index in [-0.39, 0.29) is 6.42 Å². The molecule has 1 aromatic carbocycles. The normalized spacial score (nSPS) is 27.4. The third kappa shape index (κ3) is 3.49. The number of likely N-dealkylation sites (tertiary alicyclic amines) is 1. The van der Waals surface area contributed by atoms with Gasteiger partial charge in [0.05, 0.1) is 6.07 Å². The minimum absolute atomic E-state index is 0.162. The fourth-order valence-electron chi connectivity index (χ4n) is 4.55. The number of nitrogens with one attached hydrogen (secondary N) is 1. The zero-order valence-electron chi connectivity index (χ0n) is 14.8. The van der Waals surface area contributed by atoms with E-state index in [0.29, 0.717) is 23.9 Å². The van der Waals surface area contributed by atoms with Gasteiger partial charge in [-0.2, -0.15) is 5.26 Å². The van der Waals surface area contributed by atoms with E-state index in [9.17, 15) is 4.79 Å². The first-order chi connectivity index (χ1) is 12.2. The molecule has 1 aliphatic carbocycles. The Morgan fingerprint density at radius 3 is 2.88 bits per heavy atom. The third-order valence-electron chi connectivity index (χ3n) is 5.71. The van der Waals surface area contributed by atoms with Crippen LogP contribution in [-0.2, 0) is 14.9 Å². The lowest BCUT2D eigenvalue weighted by Crippen LogP contribution is -2.33. The van der Waals surface area contributed by atoms with Gasteiger partial charge in [-0.25, -0.2) is 0 Å². The van der Waals surface area contributed by atoms with Crippen molar-refractivity contribution in [3.63, 3.8) is 0 Å². The van der Waals surface area contributed by atoms with Crippen molar-refractivity contribution in [3.05, 3.63) is 29.8 Å². The molecule has 6 heteroatoms. The Labute approximate surface area is 153 Å². The Morgan fingerprint density at radius 2 is 2.24 bits per heavy atom. The zero-order valence-corrected chi connectivity index (χ0v) is 15.6. The van der Waals surface area contributed by atoms with Crippen LogP contribution in [-0.4, -0.2) is 43.4 Å². The van der Waals surface area contributed by atoms with Crippen molar-refractivity contribution in [1.29, 1.82) is 5.26 Å². The summed E-state index contributed by atoms with van der Waals surface area (Å²) in [4.78, 5) is 13.6. The first-order valence-electron chi connectivity index (χ1n) is 8.80. The second kappa shape index (κ2) is 7.67. The maximum absolute atomic E-state index is 11.2. The highest BCUT2D eigenvalue weighted by atomic mass is 32.2. The number of fused-ring (bicyclic) bond motifs is 1. The summed E-state index contributed by atoms with van der Waals surface area (Å²) >= 11 is 1.62. The van der Waals surface area contributed by atoms with E-state index >= 15 is 0 Å². The zero-order chi connectivity index (χ0) is 17.9. The molecule has 2 unspecified atom stereocenters. The predicted octanol–water partition coefficient (Wildman–Crippen LogP) is 3.04. The molecule has 1 aliphatic heterocycles. The van der Waals surface area contributed by atoms with Crippen LogP contribution in [0.2, 0.25) is 0 Å². The van der Waals surface area contributed by atoms with Crippen LogP contribution in [0.3, 0.4) is 0 Å². The molecule has 25 heavy (non-hydrogen) atoms. The Morgan fingerprint density at radius 1 is 1.48 bits per heavy atom. The van der Waals surface area contributed by atoms with Gasteiger partial charge in [0.15, 0.2) is 0 Å². The maximum atomic E-state index is 11.2. The van der Waals surface area contributed by atoms with Crippen molar-refractivity contribution in [2.45, 2.75) is 25.2 Å². The molecular formula is C19H25N3O2S. The summed E-state index contributed by atoms with van der Waals surface area (Å²) in [5, 5.41) is 8.47. The lowest BCUT2D eigenvalue weighted by molar-refractivity contribution is -0.142. The number of nitriles is 1. The van der Waals surface area contributed by atoms with Crippen LogP contribution in [0.15, 0.2) is 24.3 Å². The Kier molecular flexibility index (Phi) is 5.55. The molecule has 0 aromatic heterocycles. The molecule has 1 heterocycles. The van der Waals surface area contributed by atoms with Crippen LogP contribution in [0, 0.1) is 23.2 Å². The molecule has 2 fully saturated rings. The second-order valence-corrected chi connectivity index (χ2v) is 7.42. The molecule has 0 spiro atoms. The number of carbonyl (C=O) groups is 1. The summed E-state index contributed by atoms with van der Waals surface area (Å²) in [5.41, 5.74) is 2.93. The fourth-order valence-corrected chi connectivity index (χ4v) is 4.91. The highest BCUT2D eigenvalue weighted by molar-refractivity contribution is 7.99. The smallest absolute Gasteiger partial charge is 0.320 e. The summed E-state index contributed by atoms with van der Waals surface area (Å²) in [7, 11) is 0. The van der Waals surface area contributed by atoms with Gasteiger partial charge in [-0.3, -0.25) is 9.69 Å². The number of hydrogen-bond acceptors (Lipinski definition) is 6. The molecule has 0 amide bonds. The minimum Gasteiger partial charge on any atom is -0.464 e. The molecule has 1 saturated heterocycles. The van der Waals surface area contributed by atoms with E-state index in [1.807, 2.05) is 12.3 Å². The van der Waals surface area contributed by atoms with E-state index < -0.39 is 5.97 Å². The number of carbonyl (C=O) groups excluding carboxylic acids is 1. The van der Waals surface area contributed by atoms with Crippen LogP contribution in [0.5, 0.6) is 0 Å². The lowest BCUT2D eigenvalue weighted by Gasteiger charge is -2.26. The van der Waals surface area contributed by atoms with E-state index in [2.05, 4.69) is 40.8 Å². The SMILES string of the molecule is CCC1(c2cccc(NSC)c2)C2CN(CCOC(=O)CC#N)CC21. The number of hydrogen-bond donors (Lipinski definition) is 1.